The zero-order chi connectivity index (χ0) is 14.4. The van der Waals surface area contributed by atoms with Gasteiger partial charge in [-0.25, -0.2) is 18.4 Å². The highest BCUT2D eigenvalue weighted by Gasteiger charge is 2.47. The van der Waals surface area contributed by atoms with Crippen molar-refractivity contribution in [1.82, 2.24) is 4.90 Å². The van der Waals surface area contributed by atoms with Crippen molar-refractivity contribution in [3.8, 4) is 0 Å². The van der Waals surface area contributed by atoms with Gasteiger partial charge in [-0.2, -0.15) is 0 Å². The van der Waals surface area contributed by atoms with E-state index in [0.29, 0.717) is 12.8 Å². The first-order valence-corrected chi connectivity index (χ1v) is 8.22. The Balaban J connectivity index is 2.10. The van der Waals surface area contributed by atoms with Crippen LogP contribution in [0.25, 0.3) is 0 Å². The van der Waals surface area contributed by atoms with E-state index in [-0.39, 0.29) is 18.2 Å². The van der Waals surface area contributed by atoms with Crippen LogP contribution in [0.4, 0.5) is 4.79 Å². The molecule has 110 valence electrons. The van der Waals surface area contributed by atoms with E-state index >= 15 is 0 Å². The minimum atomic E-state index is -3.51. The van der Waals surface area contributed by atoms with Crippen LogP contribution in [-0.4, -0.2) is 42.3 Å². The fourth-order valence-corrected chi connectivity index (χ4v) is 3.99. The van der Waals surface area contributed by atoms with Crippen LogP contribution in [0.15, 0.2) is 0 Å². The largest absolute Gasteiger partial charge is 0.444 e. The van der Waals surface area contributed by atoms with E-state index < -0.39 is 20.9 Å². The van der Waals surface area contributed by atoms with Crippen LogP contribution in [0.3, 0.4) is 0 Å². The van der Waals surface area contributed by atoms with Gasteiger partial charge in [0.25, 0.3) is 0 Å². The van der Waals surface area contributed by atoms with E-state index in [4.69, 9.17) is 9.88 Å². The third kappa shape index (κ3) is 3.20. The smallest absolute Gasteiger partial charge is 0.410 e. The fraction of sp³-hybridized carbons (Fsp3) is 0.917. The van der Waals surface area contributed by atoms with Crippen molar-refractivity contribution in [2.24, 2.45) is 5.14 Å². The van der Waals surface area contributed by atoms with Crippen LogP contribution in [-0.2, 0) is 14.8 Å². The minimum Gasteiger partial charge on any atom is -0.444 e. The predicted molar refractivity (Wildman–Crippen MR) is 71.0 cm³/mol. The van der Waals surface area contributed by atoms with Crippen LogP contribution in [0, 0.1) is 0 Å². The molecule has 2 heterocycles. The van der Waals surface area contributed by atoms with Gasteiger partial charge in [0.05, 0.1) is 5.25 Å². The number of hydrogen-bond donors (Lipinski definition) is 1. The van der Waals surface area contributed by atoms with E-state index in [0.717, 1.165) is 12.8 Å². The van der Waals surface area contributed by atoms with E-state index in [1.807, 2.05) is 20.8 Å². The molecule has 0 spiro atoms. The molecule has 0 unspecified atom stereocenters. The first-order valence-electron chi connectivity index (χ1n) is 6.61. The third-order valence-electron chi connectivity index (χ3n) is 3.76. The molecule has 0 aliphatic carbocycles. The Labute approximate surface area is 114 Å². The van der Waals surface area contributed by atoms with Crippen LogP contribution < -0.4 is 5.14 Å². The van der Waals surface area contributed by atoms with E-state index in [1.54, 1.807) is 4.90 Å². The summed E-state index contributed by atoms with van der Waals surface area (Å²) < 4.78 is 28.3. The second kappa shape index (κ2) is 4.63. The molecule has 2 bridgehead atoms. The molecule has 0 saturated carbocycles. The quantitative estimate of drug-likeness (QED) is 0.786. The zero-order valence-corrected chi connectivity index (χ0v) is 12.4. The molecule has 3 atom stereocenters. The Morgan fingerprint density at radius 1 is 1.21 bits per heavy atom. The number of ether oxygens (including phenoxy) is 1. The highest BCUT2D eigenvalue weighted by molar-refractivity contribution is 7.89. The van der Waals surface area contributed by atoms with E-state index in [2.05, 4.69) is 0 Å². The number of amides is 1. The predicted octanol–water partition coefficient (Wildman–Crippen LogP) is 1.21. The highest BCUT2D eigenvalue weighted by Crippen LogP contribution is 2.38. The molecule has 0 aromatic rings. The molecule has 2 fully saturated rings. The summed E-state index contributed by atoms with van der Waals surface area (Å²) in [6, 6.07) is -0.117. The van der Waals surface area contributed by atoms with Gasteiger partial charge in [-0.05, 0) is 46.5 Å². The average Bonchev–Trinajstić information content (AvgIpc) is 2.45. The molecule has 1 amide bonds. The summed E-state index contributed by atoms with van der Waals surface area (Å²) in [7, 11) is -3.51. The standard InChI is InChI=1S/C12H22N2O4S/c1-12(2,3)18-11(15)14-8-4-5-9(14)7-10(6-8)19(13,16)17/h8-10H,4-7H2,1-3H3,(H2,13,16,17)/t8-,9+,10+. The summed E-state index contributed by atoms with van der Waals surface area (Å²) in [5.74, 6) is 0. The number of nitrogens with two attached hydrogens (primary N) is 1. The minimum absolute atomic E-state index is 0.0584. The monoisotopic (exact) mass is 290 g/mol. The number of hydrogen-bond acceptors (Lipinski definition) is 4. The lowest BCUT2D eigenvalue weighted by Crippen LogP contribution is -2.52. The lowest BCUT2D eigenvalue weighted by Gasteiger charge is -2.38. The SMILES string of the molecule is CC(C)(C)OC(=O)N1[C@@H]2CC[C@H]1C[C@@H](S(N)(=O)=O)C2. The third-order valence-corrected chi connectivity index (χ3v) is 5.07. The Morgan fingerprint density at radius 2 is 1.68 bits per heavy atom. The van der Waals surface area contributed by atoms with Gasteiger partial charge in [-0.3, -0.25) is 0 Å². The van der Waals surface area contributed by atoms with Crippen LogP contribution in [0.5, 0.6) is 0 Å². The zero-order valence-electron chi connectivity index (χ0n) is 11.6. The second-order valence-corrected chi connectivity index (χ2v) is 8.30. The van der Waals surface area contributed by atoms with Crippen molar-refractivity contribution in [3.63, 3.8) is 0 Å². The number of sulfonamides is 1. The van der Waals surface area contributed by atoms with E-state index in [1.165, 1.54) is 0 Å². The average molecular weight is 290 g/mol. The van der Waals surface area contributed by atoms with Gasteiger partial charge >= 0.3 is 6.09 Å². The number of fused-ring (bicyclic) bond motifs is 2. The summed E-state index contributed by atoms with van der Waals surface area (Å²) in [6.07, 6.45) is 2.17. The van der Waals surface area contributed by atoms with Crippen molar-refractivity contribution in [3.05, 3.63) is 0 Å². The molecule has 7 heteroatoms. The lowest BCUT2D eigenvalue weighted by molar-refractivity contribution is 0.00813. The molecule has 2 N–H and O–H groups in total. The highest BCUT2D eigenvalue weighted by atomic mass is 32.2. The van der Waals surface area contributed by atoms with Crippen molar-refractivity contribution in [2.45, 2.75) is 69.4 Å². The summed E-state index contributed by atoms with van der Waals surface area (Å²) in [5, 5.41) is 4.70. The maximum absolute atomic E-state index is 12.2. The molecular weight excluding hydrogens is 268 g/mol. The lowest BCUT2D eigenvalue weighted by atomic mass is 10.0. The maximum Gasteiger partial charge on any atom is 0.410 e. The molecule has 2 rings (SSSR count). The van der Waals surface area contributed by atoms with Crippen molar-refractivity contribution in [1.29, 1.82) is 0 Å². The first-order chi connectivity index (χ1) is 8.58. The summed E-state index contributed by atoms with van der Waals surface area (Å²) >= 11 is 0. The number of primary sulfonamides is 1. The summed E-state index contributed by atoms with van der Waals surface area (Å²) in [4.78, 5) is 13.9. The molecule has 2 aliphatic rings. The Kier molecular flexibility index (Phi) is 3.55. The van der Waals surface area contributed by atoms with E-state index in [9.17, 15) is 13.2 Å². The Hall–Kier alpha value is -0.820. The number of carbonyl (C=O) groups is 1. The van der Waals surface area contributed by atoms with Gasteiger partial charge in [-0.1, -0.05) is 0 Å². The molecule has 0 aromatic heterocycles. The first kappa shape index (κ1) is 14.6. The Morgan fingerprint density at radius 3 is 2.05 bits per heavy atom. The normalized spacial score (nSPS) is 31.4. The summed E-state index contributed by atoms with van der Waals surface area (Å²) in [6.45, 7) is 5.47. The molecule has 0 radical (unpaired) electrons. The van der Waals surface area contributed by atoms with Gasteiger partial charge < -0.3 is 9.64 Å². The van der Waals surface area contributed by atoms with Gasteiger partial charge in [0.15, 0.2) is 0 Å². The van der Waals surface area contributed by atoms with Crippen LogP contribution in [0.1, 0.15) is 46.5 Å². The van der Waals surface area contributed by atoms with Gasteiger partial charge in [0.1, 0.15) is 5.60 Å². The van der Waals surface area contributed by atoms with Crippen molar-refractivity contribution < 1.29 is 17.9 Å². The second-order valence-electron chi connectivity index (χ2n) is 6.46. The fourth-order valence-electron chi connectivity index (χ4n) is 3.01. The molecule has 2 saturated heterocycles. The number of nitrogens with zero attached hydrogens (tertiary/aromatic N) is 1. The van der Waals surface area contributed by atoms with Gasteiger partial charge in [0, 0.05) is 12.1 Å². The van der Waals surface area contributed by atoms with Gasteiger partial charge in [0.2, 0.25) is 10.0 Å². The van der Waals surface area contributed by atoms with Gasteiger partial charge in [-0.15, -0.1) is 0 Å². The summed E-state index contributed by atoms with van der Waals surface area (Å²) in [5.41, 5.74) is -0.534. The van der Waals surface area contributed by atoms with Crippen molar-refractivity contribution in [2.75, 3.05) is 0 Å². The molecule has 19 heavy (non-hydrogen) atoms. The molecule has 2 aliphatic heterocycles. The van der Waals surface area contributed by atoms with Crippen LogP contribution in [0.2, 0.25) is 0 Å². The molecule has 0 aromatic carbocycles. The Bertz CT molecular complexity index is 455. The van der Waals surface area contributed by atoms with Crippen LogP contribution >= 0.6 is 0 Å². The number of piperidine rings is 1. The van der Waals surface area contributed by atoms with Crippen molar-refractivity contribution >= 4 is 16.1 Å². The topological polar surface area (TPSA) is 89.7 Å². The molecular formula is C12H22N2O4S. The maximum atomic E-state index is 12.2. The number of rotatable bonds is 1. The molecule has 6 nitrogen and oxygen atoms in total. The number of carbonyl (C=O) groups excluding carboxylic acids is 1.